The van der Waals surface area contributed by atoms with E-state index >= 15 is 0 Å². The number of aryl methyl sites for hydroxylation is 1. The molecule has 3 aromatic rings. The number of H-pyrrole nitrogens is 1. The second kappa shape index (κ2) is 6.12. The molecule has 1 aliphatic heterocycles. The van der Waals surface area contributed by atoms with Crippen LogP contribution in [0.15, 0.2) is 35.5 Å². The van der Waals surface area contributed by atoms with E-state index in [0.29, 0.717) is 30.1 Å². The van der Waals surface area contributed by atoms with Crippen molar-refractivity contribution in [3.05, 3.63) is 58.2 Å². The molecule has 1 aliphatic rings. The van der Waals surface area contributed by atoms with E-state index in [-0.39, 0.29) is 17.4 Å². The number of pyridine rings is 1. The minimum absolute atomic E-state index is 0.0308. The van der Waals surface area contributed by atoms with Gasteiger partial charge in [0, 0.05) is 36.8 Å². The van der Waals surface area contributed by atoms with Crippen molar-refractivity contribution in [1.82, 2.24) is 29.5 Å². The summed E-state index contributed by atoms with van der Waals surface area (Å²) in [4.78, 5) is 37.6. The van der Waals surface area contributed by atoms with Gasteiger partial charge in [0.1, 0.15) is 12.2 Å². The lowest BCUT2D eigenvalue weighted by Crippen LogP contribution is -2.39. The smallest absolute Gasteiger partial charge is 0.254 e. The quantitative estimate of drug-likeness (QED) is 0.756. The maximum atomic E-state index is 12.9. The molecule has 4 rings (SSSR count). The number of carbonyl (C=O) groups excluding carboxylic acids is 1. The van der Waals surface area contributed by atoms with Gasteiger partial charge in [0.15, 0.2) is 5.65 Å². The summed E-state index contributed by atoms with van der Waals surface area (Å²) in [6.07, 6.45) is 5.00. The van der Waals surface area contributed by atoms with Gasteiger partial charge in [-0.25, -0.2) is 14.5 Å². The molecule has 8 nitrogen and oxygen atoms in total. The van der Waals surface area contributed by atoms with Crippen molar-refractivity contribution >= 4 is 11.6 Å². The zero-order valence-electron chi connectivity index (χ0n) is 13.8. The minimum atomic E-state index is -0.150. The van der Waals surface area contributed by atoms with Crippen LogP contribution in [0.5, 0.6) is 0 Å². The molecule has 1 atom stereocenters. The first kappa shape index (κ1) is 15.5. The summed E-state index contributed by atoms with van der Waals surface area (Å²) in [7, 11) is 0. The van der Waals surface area contributed by atoms with Crippen molar-refractivity contribution in [3.63, 3.8) is 0 Å². The van der Waals surface area contributed by atoms with Gasteiger partial charge in [-0.1, -0.05) is 0 Å². The third-order valence-corrected chi connectivity index (χ3v) is 4.53. The lowest BCUT2D eigenvalue weighted by Gasteiger charge is -2.32. The fourth-order valence-corrected chi connectivity index (χ4v) is 3.35. The standard InChI is InChI=1S/C17H18N6O2/c1-11-20-14(8-16(24)21-11)13-3-2-5-22(9-13)17(25)12-4-6-23-15(7-12)18-10-19-23/h4,6-8,10,13H,2-3,5,9H2,1H3,(H,20,21,24). The molecule has 8 heteroatoms. The first-order valence-corrected chi connectivity index (χ1v) is 8.27. The Hall–Kier alpha value is -3.03. The highest BCUT2D eigenvalue weighted by Crippen LogP contribution is 2.26. The summed E-state index contributed by atoms with van der Waals surface area (Å²) in [5.41, 5.74) is 1.84. The largest absolute Gasteiger partial charge is 0.338 e. The van der Waals surface area contributed by atoms with Gasteiger partial charge in [0.05, 0.1) is 5.69 Å². The van der Waals surface area contributed by atoms with Crippen molar-refractivity contribution in [2.45, 2.75) is 25.7 Å². The number of hydrogen-bond acceptors (Lipinski definition) is 5. The van der Waals surface area contributed by atoms with Gasteiger partial charge < -0.3 is 9.88 Å². The van der Waals surface area contributed by atoms with Gasteiger partial charge in [0.25, 0.3) is 11.5 Å². The SMILES string of the molecule is Cc1nc(C2CCCN(C(=O)c3ccn4ncnc4c3)C2)cc(=O)[nH]1. The molecule has 1 unspecified atom stereocenters. The van der Waals surface area contributed by atoms with E-state index in [2.05, 4.69) is 20.1 Å². The van der Waals surface area contributed by atoms with E-state index in [9.17, 15) is 9.59 Å². The molecule has 25 heavy (non-hydrogen) atoms. The molecule has 0 aliphatic carbocycles. The molecule has 1 fully saturated rings. The van der Waals surface area contributed by atoms with Crippen molar-refractivity contribution in [2.75, 3.05) is 13.1 Å². The van der Waals surface area contributed by atoms with Gasteiger partial charge in [0.2, 0.25) is 0 Å². The number of amides is 1. The normalized spacial score (nSPS) is 17.8. The van der Waals surface area contributed by atoms with Crippen LogP contribution in [0.1, 0.15) is 40.6 Å². The summed E-state index contributed by atoms with van der Waals surface area (Å²) in [5, 5.41) is 4.04. The summed E-state index contributed by atoms with van der Waals surface area (Å²) < 4.78 is 1.62. The number of fused-ring (bicyclic) bond motifs is 1. The van der Waals surface area contributed by atoms with Gasteiger partial charge >= 0.3 is 0 Å². The molecule has 0 bridgehead atoms. The Balaban J connectivity index is 1.57. The number of nitrogens with zero attached hydrogens (tertiary/aromatic N) is 5. The van der Waals surface area contributed by atoms with Crippen LogP contribution in [0, 0.1) is 6.92 Å². The number of aromatic amines is 1. The van der Waals surface area contributed by atoms with Crippen LogP contribution in [-0.4, -0.2) is 48.5 Å². The molecule has 0 spiro atoms. The van der Waals surface area contributed by atoms with Crippen LogP contribution in [0.4, 0.5) is 0 Å². The Morgan fingerprint density at radius 3 is 3.08 bits per heavy atom. The van der Waals surface area contributed by atoms with E-state index in [1.165, 1.54) is 12.4 Å². The third-order valence-electron chi connectivity index (χ3n) is 4.53. The second-order valence-electron chi connectivity index (χ2n) is 6.32. The number of piperidine rings is 1. The van der Waals surface area contributed by atoms with E-state index in [1.54, 1.807) is 29.8 Å². The molecule has 3 aromatic heterocycles. The average Bonchev–Trinajstić information content (AvgIpc) is 3.08. The van der Waals surface area contributed by atoms with Crippen LogP contribution in [0.3, 0.4) is 0 Å². The molecule has 0 saturated carbocycles. The Morgan fingerprint density at radius 1 is 1.36 bits per heavy atom. The predicted octanol–water partition coefficient (Wildman–Crippen LogP) is 1.14. The van der Waals surface area contributed by atoms with Crippen molar-refractivity contribution < 1.29 is 4.79 Å². The number of likely N-dealkylation sites (tertiary alicyclic amines) is 1. The van der Waals surface area contributed by atoms with Crippen LogP contribution >= 0.6 is 0 Å². The Morgan fingerprint density at radius 2 is 2.24 bits per heavy atom. The number of rotatable bonds is 2. The molecule has 0 radical (unpaired) electrons. The summed E-state index contributed by atoms with van der Waals surface area (Å²) in [5.74, 6) is 0.649. The molecule has 4 heterocycles. The summed E-state index contributed by atoms with van der Waals surface area (Å²) in [6.45, 7) is 3.03. The lowest BCUT2D eigenvalue weighted by molar-refractivity contribution is 0.0706. The highest BCUT2D eigenvalue weighted by molar-refractivity contribution is 5.95. The van der Waals surface area contributed by atoms with E-state index in [1.807, 2.05) is 4.90 Å². The first-order chi connectivity index (χ1) is 12.1. The monoisotopic (exact) mass is 338 g/mol. The topological polar surface area (TPSA) is 96.2 Å². The van der Waals surface area contributed by atoms with Gasteiger partial charge in [-0.3, -0.25) is 9.59 Å². The van der Waals surface area contributed by atoms with Crippen LogP contribution in [-0.2, 0) is 0 Å². The number of carbonyl (C=O) groups is 1. The fraction of sp³-hybridized carbons (Fsp3) is 0.353. The molecule has 0 aromatic carbocycles. The predicted molar refractivity (Wildman–Crippen MR) is 90.5 cm³/mol. The van der Waals surface area contributed by atoms with Gasteiger partial charge in [-0.2, -0.15) is 5.10 Å². The van der Waals surface area contributed by atoms with Gasteiger partial charge in [-0.05, 0) is 31.9 Å². The summed E-state index contributed by atoms with van der Waals surface area (Å²) >= 11 is 0. The van der Waals surface area contributed by atoms with E-state index < -0.39 is 0 Å². The first-order valence-electron chi connectivity index (χ1n) is 8.27. The number of aromatic nitrogens is 5. The zero-order valence-corrected chi connectivity index (χ0v) is 13.8. The van der Waals surface area contributed by atoms with Crippen molar-refractivity contribution in [2.24, 2.45) is 0 Å². The molecule has 1 N–H and O–H groups in total. The minimum Gasteiger partial charge on any atom is -0.338 e. The maximum absolute atomic E-state index is 12.9. The zero-order chi connectivity index (χ0) is 17.4. The van der Waals surface area contributed by atoms with E-state index in [4.69, 9.17) is 0 Å². The van der Waals surface area contributed by atoms with Crippen LogP contribution < -0.4 is 5.56 Å². The maximum Gasteiger partial charge on any atom is 0.254 e. The lowest BCUT2D eigenvalue weighted by atomic mass is 9.94. The summed E-state index contributed by atoms with van der Waals surface area (Å²) in [6, 6.07) is 5.03. The Kier molecular flexibility index (Phi) is 3.79. The highest BCUT2D eigenvalue weighted by atomic mass is 16.2. The van der Waals surface area contributed by atoms with Crippen LogP contribution in [0.25, 0.3) is 5.65 Å². The van der Waals surface area contributed by atoms with Crippen LogP contribution in [0.2, 0.25) is 0 Å². The molecular weight excluding hydrogens is 320 g/mol. The molecule has 1 saturated heterocycles. The molecule has 1 amide bonds. The van der Waals surface area contributed by atoms with Gasteiger partial charge in [-0.15, -0.1) is 0 Å². The second-order valence-corrected chi connectivity index (χ2v) is 6.32. The number of nitrogens with one attached hydrogen (secondary N) is 1. The molecule has 128 valence electrons. The fourth-order valence-electron chi connectivity index (χ4n) is 3.35. The average molecular weight is 338 g/mol. The Labute approximate surface area is 143 Å². The van der Waals surface area contributed by atoms with Crippen molar-refractivity contribution in [1.29, 1.82) is 0 Å². The number of hydrogen-bond donors (Lipinski definition) is 1. The van der Waals surface area contributed by atoms with E-state index in [0.717, 1.165) is 18.5 Å². The third kappa shape index (κ3) is 3.02. The van der Waals surface area contributed by atoms with Crippen molar-refractivity contribution in [3.8, 4) is 0 Å². The molecular formula is C17H18N6O2. The Bertz CT molecular complexity index is 992. The highest BCUT2D eigenvalue weighted by Gasteiger charge is 2.27.